The van der Waals surface area contributed by atoms with Crippen molar-refractivity contribution in [2.75, 3.05) is 13.1 Å². The van der Waals surface area contributed by atoms with Gasteiger partial charge in [-0.3, -0.25) is 4.90 Å². The Kier molecular flexibility index (Phi) is 3.75. The van der Waals surface area contributed by atoms with Gasteiger partial charge in [0.1, 0.15) is 6.10 Å². The summed E-state index contributed by atoms with van der Waals surface area (Å²) in [5.41, 5.74) is 6.20. The molecule has 0 amide bonds. The fourth-order valence-electron chi connectivity index (χ4n) is 1.99. The van der Waals surface area contributed by atoms with E-state index in [-0.39, 0.29) is 17.7 Å². The van der Waals surface area contributed by atoms with Crippen LogP contribution < -0.4 is 10.5 Å². The van der Waals surface area contributed by atoms with Crippen molar-refractivity contribution in [3.63, 3.8) is 0 Å². The third-order valence-corrected chi connectivity index (χ3v) is 3.34. The average molecular weight is 271 g/mol. The Balaban J connectivity index is 2.00. The van der Waals surface area contributed by atoms with Gasteiger partial charge in [0.05, 0.1) is 6.04 Å². The van der Waals surface area contributed by atoms with E-state index in [9.17, 15) is 0 Å². The van der Waals surface area contributed by atoms with Crippen LogP contribution in [0.2, 0.25) is 5.15 Å². The molecule has 5 nitrogen and oxygen atoms in total. The van der Waals surface area contributed by atoms with Gasteiger partial charge in [-0.25, -0.2) is 0 Å². The van der Waals surface area contributed by atoms with Crippen molar-refractivity contribution in [2.24, 2.45) is 5.73 Å². The minimum atomic E-state index is -0.0558. The summed E-state index contributed by atoms with van der Waals surface area (Å²) in [5, 5.41) is 7.99. The standard InChI is InChI=1S/C12H19ClN4O/c1-12(2,3)17-6-8(14)9(7-17)18-11-5-4-10(13)15-16-11/h4-5,8-9H,6-7,14H2,1-3H3. The molecule has 2 heterocycles. The smallest absolute Gasteiger partial charge is 0.233 e. The lowest BCUT2D eigenvalue weighted by atomic mass is 10.1. The van der Waals surface area contributed by atoms with Gasteiger partial charge in [-0.2, -0.15) is 0 Å². The van der Waals surface area contributed by atoms with Crippen LogP contribution in [0.3, 0.4) is 0 Å². The first-order valence-electron chi connectivity index (χ1n) is 6.03. The summed E-state index contributed by atoms with van der Waals surface area (Å²) < 4.78 is 5.77. The van der Waals surface area contributed by atoms with E-state index in [0.29, 0.717) is 11.0 Å². The zero-order chi connectivity index (χ0) is 13.3. The van der Waals surface area contributed by atoms with Gasteiger partial charge in [0.15, 0.2) is 5.15 Å². The molecule has 2 rings (SSSR count). The van der Waals surface area contributed by atoms with Crippen LogP contribution in [-0.2, 0) is 0 Å². The van der Waals surface area contributed by atoms with Gasteiger partial charge in [-0.05, 0) is 26.8 Å². The van der Waals surface area contributed by atoms with E-state index in [1.54, 1.807) is 12.1 Å². The predicted molar refractivity (Wildman–Crippen MR) is 70.8 cm³/mol. The van der Waals surface area contributed by atoms with E-state index >= 15 is 0 Å². The number of likely N-dealkylation sites (tertiary alicyclic amines) is 1. The van der Waals surface area contributed by atoms with Gasteiger partial charge in [-0.1, -0.05) is 11.6 Å². The van der Waals surface area contributed by atoms with Crippen molar-refractivity contribution >= 4 is 11.6 Å². The Morgan fingerprint density at radius 1 is 1.33 bits per heavy atom. The molecule has 1 aromatic heterocycles. The molecule has 1 saturated heterocycles. The summed E-state index contributed by atoms with van der Waals surface area (Å²) in [4.78, 5) is 2.31. The van der Waals surface area contributed by atoms with Crippen molar-refractivity contribution in [1.29, 1.82) is 0 Å². The second-order valence-corrected chi connectivity index (χ2v) is 5.98. The molecule has 2 atom stereocenters. The van der Waals surface area contributed by atoms with E-state index in [2.05, 4.69) is 35.9 Å². The average Bonchev–Trinajstić information content (AvgIpc) is 2.63. The lowest BCUT2D eigenvalue weighted by Crippen LogP contribution is -2.40. The molecule has 2 N–H and O–H groups in total. The number of hydrogen-bond acceptors (Lipinski definition) is 5. The Morgan fingerprint density at radius 2 is 2.06 bits per heavy atom. The molecule has 0 aromatic carbocycles. The van der Waals surface area contributed by atoms with Crippen LogP contribution in [0.15, 0.2) is 12.1 Å². The van der Waals surface area contributed by atoms with E-state index in [4.69, 9.17) is 22.1 Å². The number of nitrogens with two attached hydrogens (primary N) is 1. The minimum absolute atomic E-state index is 0.0123. The van der Waals surface area contributed by atoms with E-state index in [1.807, 2.05) is 0 Å². The Labute approximate surface area is 112 Å². The first-order valence-corrected chi connectivity index (χ1v) is 6.40. The second-order valence-electron chi connectivity index (χ2n) is 5.59. The van der Waals surface area contributed by atoms with Crippen molar-refractivity contribution in [3.8, 4) is 5.88 Å². The quantitative estimate of drug-likeness (QED) is 0.878. The first kappa shape index (κ1) is 13.5. The lowest BCUT2D eigenvalue weighted by molar-refractivity contribution is 0.137. The summed E-state index contributed by atoms with van der Waals surface area (Å²) in [6.07, 6.45) is -0.0558. The maximum absolute atomic E-state index is 6.10. The van der Waals surface area contributed by atoms with E-state index in [1.165, 1.54) is 0 Å². The third kappa shape index (κ3) is 3.10. The number of ether oxygens (including phenoxy) is 1. The fourth-order valence-corrected chi connectivity index (χ4v) is 2.09. The van der Waals surface area contributed by atoms with Crippen LogP contribution in [0.5, 0.6) is 5.88 Å². The number of nitrogens with zero attached hydrogens (tertiary/aromatic N) is 3. The second kappa shape index (κ2) is 4.99. The minimum Gasteiger partial charge on any atom is -0.470 e. The fraction of sp³-hybridized carbons (Fsp3) is 0.667. The molecule has 18 heavy (non-hydrogen) atoms. The number of aromatic nitrogens is 2. The molecule has 1 aliphatic rings. The van der Waals surface area contributed by atoms with Crippen LogP contribution in [0.25, 0.3) is 0 Å². The third-order valence-electron chi connectivity index (χ3n) is 3.14. The predicted octanol–water partition coefficient (Wildman–Crippen LogP) is 1.32. The Hall–Kier alpha value is -0.910. The van der Waals surface area contributed by atoms with Gasteiger partial charge in [0, 0.05) is 24.7 Å². The molecular weight excluding hydrogens is 252 g/mol. The molecular formula is C12H19ClN4O. The molecule has 100 valence electrons. The van der Waals surface area contributed by atoms with Crippen LogP contribution in [0.1, 0.15) is 20.8 Å². The zero-order valence-corrected chi connectivity index (χ0v) is 11.7. The molecule has 1 fully saturated rings. The van der Waals surface area contributed by atoms with Crippen molar-refractivity contribution < 1.29 is 4.74 Å². The van der Waals surface area contributed by atoms with Crippen LogP contribution >= 0.6 is 11.6 Å². The summed E-state index contributed by atoms with van der Waals surface area (Å²) in [6, 6.07) is 3.36. The molecule has 6 heteroatoms. The highest BCUT2D eigenvalue weighted by molar-refractivity contribution is 6.29. The van der Waals surface area contributed by atoms with Gasteiger partial charge >= 0.3 is 0 Å². The van der Waals surface area contributed by atoms with E-state index in [0.717, 1.165) is 13.1 Å². The zero-order valence-electron chi connectivity index (χ0n) is 10.9. The Morgan fingerprint density at radius 3 is 2.56 bits per heavy atom. The summed E-state index contributed by atoms with van der Waals surface area (Å²) in [7, 11) is 0. The Bertz CT molecular complexity index is 404. The number of hydrogen-bond donors (Lipinski definition) is 1. The highest BCUT2D eigenvalue weighted by Crippen LogP contribution is 2.22. The highest BCUT2D eigenvalue weighted by atomic mass is 35.5. The molecule has 0 saturated carbocycles. The van der Waals surface area contributed by atoms with Gasteiger partial charge in [0.25, 0.3) is 0 Å². The maximum Gasteiger partial charge on any atom is 0.233 e. The molecule has 0 spiro atoms. The molecule has 1 aromatic rings. The number of rotatable bonds is 2. The normalized spacial score (nSPS) is 25.4. The van der Waals surface area contributed by atoms with Crippen molar-refractivity contribution in [2.45, 2.75) is 38.5 Å². The topological polar surface area (TPSA) is 64.3 Å². The van der Waals surface area contributed by atoms with E-state index < -0.39 is 0 Å². The SMILES string of the molecule is CC(C)(C)N1CC(N)C(Oc2ccc(Cl)nn2)C1. The summed E-state index contributed by atoms with van der Waals surface area (Å²) in [5.74, 6) is 0.468. The van der Waals surface area contributed by atoms with Crippen molar-refractivity contribution in [3.05, 3.63) is 17.3 Å². The number of halogens is 1. The van der Waals surface area contributed by atoms with Gasteiger partial charge in [-0.15, -0.1) is 10.2 Å². The molecule has 0 bridgehead atoms. The summed E-state index contributed by atoms with van der Waals surface area (Å²) >= 11 is 5.68. The summed E-state index contributed by atoms with van der Waals surface area (Å²) in [6.45, 7) is 8.14. The molecule has 2 unspecified atom stereocenters. The van der Waals surface area contributed by atoms with Gasteiger partial charge < -0.3 is 10.5 Å². The maximum atomic E-state index is 6.10. The largest absolute Gasteiger partial charge is 0.470 e. The van der Waals surface area contributed by atoms with Crippen LogP contribution in [-0.4, -0.2) is 45.9 Å². The molecule has 0 radical (unpaired) electrons. The monoisotopic (exact) mass is 270 g/mol. The van der Waals surface area contributed by atoms with Crippen LogP contribution in [0.4, 0.5) is 0 Å². The molecule has 1 aliphatic heterocycles. The first-order chi connectivity index (χ1) is 8.36. The van der Waals surface area contributed by atoms with Gasteiger partial charge in [0.2, 0.25) is 5.88 Å². The van der Waals surface area contributed by atoms with Crippen molar-refractivity contribution in [1.82, 2.24) is 15.1 Å². The lowest BCUT2D eigenvalue weighted by Gasteiger charge is -2.31. The highest BCUT2D eigenvalue weighted by Gasteiger charge is 2.37. The molecule has 0 aliphatic carbocycles. The van der Waals surface area contributed by atoms with Crippen LogP contribution in [0, 0.1) is 0 Å².